The minimum absolute atomic E-state index is 0.123. The van der Waals surface area contributed by atoms with Gasteiger partial charge in [-0.2, -0.15) is 0 Å². The minimum Gasteiger partial charge on any atom is -0.341 e. The van der Waals surface area contributed by atoms with Crippen molar-refractivity contribution in [1.82, 2.24) is 9.80 Å². The van der Waals surface area contributed by atoms with Gasteiger partial charge in [0.1, 0.15) is 6.04 Å². The number of hydrogen-bond donors (Lipinski definition) is 0. The quantitative estimate of drug-likeness (QED) is 0.698. The van der Waals surface area contributed by atoms with Gasteiger partial charge in [-0.15, -0.1) is 0 Å². The summed E-state index contributed by atoms with van der Waals surface area (Å²) in [5, 5.41) is 0. The van der Waals surface area contributed by atoms with Gasteiger partial charge >= 0.3 is 0 Å². The Kier molecular flexibility index (Phi) is 4.48. The highest BCUT2D eigenvalue weighted by Crippen LogP contribution is 2.51. The topological polar surface area (TPSA) is 40.6 Å². The van der Waals surface area contributed by atoms with Crippen molar-refractivity contribution in [2.45, 2.75) is 89.1 Å². The molecule has 5 fully saturated rings. The van der Waals surface area contributed by atoms with Crippen molar-refractivity contribution in [3.8, 4) is 0 Å². The van der Waals surface area contributed by atoms with Gasteiger partial charge in [0.2, 0.25) is 11.8 Å². The molecule has 3 aliphatic carbocycles. The number of carbonyl (C=O) groups is 2. The van der Waals surface area contributed by atoms with Gasteiger partial charge in [0.15, 0.2) is 0 Å². The van der Waals surface area contributed by atoms with Crippen LogP contribution in [0.1, 0.15) is 77.0 Å². The average Bonchev–Trinajstić information content (AvgIpc) is 3.53. The van der Waals surface area contributed by atoms with Crippen molar-refractivity contribution in [3.63, 3.8) is 0 Å². The van der Waals surface area contributed by atoms with Gasteiger partial charge in [-0.3, -0.25) is 9.59 Å². The molecular formula is C22H34N2O2. The van der Waals surface area contributed by atoms with Crippen LogP contribution in [0.25, 0.3) is 0 Å². The molecule has 0 aromatic heterocycles. The van der Waals surface area contributed by atoms with Crippen molar-refractivity contribution in [3.05, 3.63) is 0 Å². The van der Waals surface area contributed by atoms with Crippen molar-refractivity contribution < 1.29 is 9.59 Å². The number of fused-ring (bicyclic) bond motifs is 2. The monoisotopic (exact) mass is 358 g/mol. The van der Waals surface area contributed by atoms with Crippen LogP contribution >= 0.6 is 0 Å². The van der Waals surface area contributed by atoms with Crippen LogP contribution in [0.5, 0.6) is 0 Å². The first-order valence-electron chi connectivity index (χ1n) is 11.3. The molecule has 2 amide bonds. The standard InChI is InChI=1S/C22H34N2O2/c25-20(5-3-4-19(15-6-7-15)16-8-9-16)24-18-11-10-17(14-18)21(24)22(26)23-12-1-2-13-23/h15-19,21H,1-14H2/t17-,18+,21-/m0/s1. The Morgan fingerprint density at radius 1 is 0.923 bits per heavy atom. The molecule has 0 aromatic rings. The van der Waals surface area contributed by atoms with Crippen LogP contribution in [0.15, 0.2) is 0 Å². The first-order chi connectivity index (χ1) is 12.7. The first kappa shape index (κ1) is 17.1. The van der Waals surface area contributed by atoms with Crippen LogP contribution in [0.2, 0.25) is 0 Å². The van der Waals surface area contributed by atoms with Gasteiger partial charge in [0.25, 0.3) is 0 Å². The lowest BCUT2D eigenvalue weighted by Gasteiger charge is -2.36. The van der Waals surface area contributed by atoms with Crippen LogP contribution in [0.4, 0.5) is 0 Å². The van der Waals surface area contributed by atoms with E-state index in [1.165, 1.54) is 32.1 Å². The summed E-state index contributed by atoms with van der Waals surface area (Å²) >= 11 is 0. The Hall–Kier alpha value is -1.06. The third-order valence-electron chi connectivity index (χ3n) is 7.93. The number of nitrogens with zero attached hydrogens (tertiary/aromatic N) is 2. The molecule has 0 spiro atoms. The highest BCUT2D eigenvalue weighted by molar-refractivity contribution is 5.89. The Balaban J connectivity index is 1.19. The minimum atomic E-state index is -0.123. The Morgan fingerprint density at radius 2 is 1.62 bits per heavy atom. The van der Waals surface area contributed by atoms with Crippen molar-refractivity contribution in [2.24, 2.45) is 23.7 Å². The molecular weight excluding hydrogens is 324 g/mol. The van der Waals surface area contributed by atoms with E-state index in [1.54, 1.807) is 0 Å². The average molecular weight is 359 g/mol. The van der Waals surface area contributed by atoms with Crippen LogP contribution in [-0.4, -0.2) is 46.8 Å². The van der Waals surface area contributed by atoms with E-state index in [0.29, 0.717) is 18.4 Å². The molecule has 26 heavy (non-hydrogen) atoms. The van der Waals surface area contributed by atoms with E-state index in [-0.39, 0.29) is 17.9 Å². The predicted molar refractivity (Wildman–Crippen MR) is 100 cm³/mol. The highest BCUT2D eigenvalue weighted by Gasteiger charge is 2.52. The highest BCUT2D eigenvalue weighted by atomic mass is 16.2. The Labute approximate surface area is 157 Å². The number of amides is 2. The molecule has 3 atom stereocenters. The summed E-state index contributed by atoms with van der Waals surface area (Å²) in [5.74, 6) is 3.83. The van der Waals surface area contributed by atoms with Crippen LogP contribution in [-0.2, 0) is 9.59 Å². The second-order valence-electron chi connectivity index (χ2n) is 9.74. The molecule has 3 saturated carbocycles. The molecule has 0 N–H and O–H groups in total. The normalized spacial score (nSPS) is 33.5. The summed E-state index contributed by atoms with van der Waals surface area (Å²) in [6.45, 7) is 1.80. The maximum Gasteiger partial charge on any atom is 0.245 e. The SMILES string of the molecule is O=C([C@@H]1[C@H]2CC[C@H](C2)N1C(=O)CCCC(C1CC1)C1CC1)N1CCCC1. The molecule has 0 radical (unpaired) electrons. The molecule has 144 valence electrons. The largest absolute Gasteiger partial charge is 0.341 e. The summed E-state index contributed by atoms with van der Waals surface area (Å²) in [6, 6.07) is 0.230. The summed E-state index contributed by atoms with van der Waals surface area (Å²) < 4.78 is 0. The van der Waals surface area contributed by atoms with E-state index in [0.717, 1.165) is 69.4 Å². The second-order valence-corrected chi connectivity index (χ2v) is 9.74. The number of rotatable bonds is 7. The molecule has 5 aliphatic rings. The molecule has 4 nitrogen and oxygen atoms in total. The predicted octanol–water partition coefficient (Wildman–Crippen LogP) is 3.59. The van der Waals surface area contributed by atoms with E-state index in [4.69, 9.17) is 0 Å². The zero-order valence-electron chi connectivity index (χ0n) is 16.1. The van der Waals surface area contributed by atoms with E-state index >= 15 is 0 Å². The summed E-state index contributed by atoms with van der Waals surface area (Å²) in [4.78, 5) is 30.2. The van der Waals surface area contributed by atoms with Gasteiger partial charge in [0, 0.05) is 25.6 Å². The van der Waals surface area contributed by atoms with Crippen molar-refractivity contribution in [2.75, 3.05) is 13.1 Å². The first-order valence-corrected chi connectivity index (χ1v) is 11.3. The van der Waals surface area contributed by atoms with E-state index in [1.807, 2.05) is 4.90 Å². The summed E-state index contributed by atoms with van der Waals surface area (Å²) in [5.41, 5.74) is 0. The van der Waals surface area contributed by atoms with Gasteiger partial charge in [-0.25, -0.2) is 0 Å². The molecule has 2 aliphatic heterocycles. The molecule has 2 bridgehead atoms. The Bertz CT molecular complexity index is 550. The maximum absolute atomic E-state index is 13.1. The van der Waals surface area contributed by atoms with E-state index in [2.05, 4.69) is 4.90 Å². The zero-order chi connectivity index (χ0) is 17.7. The summed E-state index contributed by atoms with van der Waals surface area (Å²) in [7, 11) is 0. The number of likely N-dealkylation sites (tertiary alicyclic amines) is 2. The molecule has 2 heterocycles. The van der Waals surface area contributed by atoms with E-state index in [9.17, 15) is 9.59 Å². The van der Waals surface area contributed by atoms with Crippen LogP contribution in [0, 0.1) is 23.7 Å². The third-order valence-corrected chi connectivity index (χ3v) is 7.93. The van der Waals surface area contributed by atoms with Crippen molar-refractivity contribution >= 4 is 11.8 Å². The lowest BCUT2D eigenvalue weighted by Crippen LogP contribution is -2.53. The molecule has 5 rings (SSSR count). The lowest BCUT2D eigenvalue weighted by atomic mass is 9.91. The van der Waals surface area contributed by atoms with Crippen molar-refractivity contribution in [1.29, 1.82) is 0 Å². The second kappa shape index (κ2) is 6.83. The Morgan fingerprint density at radius 3 is 2.27 bits per heavy atom. The van der Waals surface area contributed by atoms with Gasteiger partial charge < -0.3 is 9.80 Å². The number of piperidine rings is 1. The molecule has 2 saturated heterocycles. The maximum atomic E-state index is 13.1. The summed E-state index contributed by atoms with van der Waals surface area (Å²) in [6.07, 6.45) is 14.3. The van der Waals surface area contributed by atoms with Crippen LogP contribution in [0.3, 0.4) is 0 Å². The third kappa shape index (κ3) is 3.18. The molecule has 4 heteroatoms. The zero-order valence-corrected chi connectivity index (χ0v) is 16.1. The molecule has 0 aromatic carbocycles. The number of hydrogen-bond acceptors (Lipinski definition) is 2. The fourth-order valence-electron chi connectivity index (χ4n) is 6.31. The molecule has 0 unspecified atom stereocenters. The fraction of sp³-hybridized carbons (Fsp3) is 0.909. The van der Waals surface area contributed by atoms with Crippen LogP contribution < -0.4 is 0 Å². The van der Waals surface area contributed by atoms with Gasteiger partial charge in [0.05, 0.1) is 0 Å². The fourth-order valence-corrected chi connectivity index (χ4v) is 6.31. The van der Waals surface area contributed by atoms with E-state index < -0.39 is 0 Å². The number of carbonyl (C=O) groups excluding carboxylic acids is 2. The van der Waals surface area contributed by atoms with Gasteiger partial charge in [-0.05, 0) is 94.3 Å². The van der Waals surface area contributed by atoms with Gasteiger partial charge in [-0.1, -0.05) is 0 Å². The lowest BCUT2D eigenvalue weighted by molar-refractivity contribution is -0.147. The smallest absolute Gasteiger partial charge is 0.245 e.